The Bertz CT molecular complexity index is 831. The van der Waals surface area contributed by atoms with E-state index in [-0.39, 0.29) is 17.2 Å². The Hall–Kier alpha value is -2.46. The van der Waals surface area contributed by atoms with Crippen molar-refractivity contribution < 1.29 is 19.0 Å². The fraction of sp³-hybridized carbons (Fsp3) is 0.600. The van der Waals surface area contributed by atoms with Crippen LogP contribution in [0.1, 0.15) is 26.5 Å². The van der Waals surface area contributed by atoms with Gasteiger partial charge in [-0.1, -0.05) is 6.92 Å². The second-order valence-electron chi connectivity index (χ2n) is 5.74. The minimum absolute atomic E-state index is 0.196. The SMILES string of the molecule is CC[C@H]1O[C@@H](n2cnc3c(=O)[nH]c(NC)nc32)C(OC)[C@H]1OC(C)=O. The van der Waals surface area contributed by atoms with Gasteiger partial charge >= 0.3 is 5.97 Å². The van der Waals surface area contributed by atoms with Gasteiger partial charge < -0.3 is 19.5 Å². The number of H-pyrrole nitrogens is 1. The number of aromatic nitrogens is 4. The van der Waals surface area contributed by atoms with E-state index in [1.54, 1.807) is 11.6 Å². The molecule has 0 bridgehead atoms. The zero-order valence-corrected chi connectivity index (χ0v) is 14.5. The Kier molecular flexibility index (Phi) is 4.73. The molecule has 0 amide bonds. The number of methoxy groups -OCH3 is 1. The first-order chi connectivity index (χ1) is 12.0. The normalized spacial score (nSPS) is 26.1. The molecule has 2 aromatic heterocycles. The van der Waals surface area contributed by atoms with E-state index in [9.17, 15) is 9.59 Å². The molecule has 2 aromatic rings. The molecule has 1 aliphatic heterocycles. The molecule has 3 rings (SSSR count). The topological polar surface area (TPSA) is 120 Å². The highest BCUT2D eigenvalue weighted by Crippen LogP contribution is 2.36. The van der Waals surface area contributed by atoms with Gasteiger partial charge in [0, 0.05) is 21.1 Å². The standard InChI is InChI=1S/C15H21N5O5/c1-5-8-10(24-7(2)21)11(23-4)14(25-8)20-6-17-9-12(20)18-15(16-3)19-13(9)22/h6,8,10-11,14H,5H2,1-4H3,(H2,16,18,19,22)/t8-,10+,11?,14-/m1/s1. The lowest BCUT2D eigenvalue weighted by Crippen LogP contribution is -2.37. The van der Waals surface area contributed by atoms with Crippen LogP contribution in [0.3, 0.4) is 0 Å². The molecule has 1 fully saturated rings. The number of ether oxygens (including phenoxy) is 3. The summed E-state index contributed by atoms with van der Waals surface area (Å²) in [6.07, 6.45) is 0.0549. The van der Waals surface area contributed by atoms with Crippen molar-refractivity contribution in [2.45, 2.75) is 44.8 Å². The molecule has 1 unspecified atom stereocenters. The summed E-state index contributed by atoms with van der Waals surface area (Å²) in [6, 6.07) is 0. The number of nitrogens with one attached hydrogen (secondary N) is 2. The third-order valence-electron chi connectivity index (χ3n) is 4.21. The zero-order chi connectivity index (χ0) is 18.1. The number of rotatable bonds is 5. The number of imidazole rings is 1. The smallest absolute Gasteiger partial charge is 0.303 e. The summed E-state index contributed by atoms with van der Waals surface area (Å²) < 4.78 is 18.6. The number of anilines is 1. The zero-order valence-electron chi connectivity index (χ0n) is 14.5. The Balaban J connectivity index is 2.06. The first-order valence-corrected chi connectivity index (χ1v) is 8.00. The van der Waals surface area contributed by atoms with E-state index < -0.39 is 24.4 Å². The number of carbonyl (C=O) groups excluding carboxylic acids is 1. The summed E-state index contributed by atoms with van der Waals surface area (Å²) in [6.45, 7) is 3.28. The summed E-state index contributed by atoms with van der Waals surface area (Å²) in [5.41, 5.74) is 0.198. The number of fused-ring (bicyclic) bond motifs is 1. The van der Waals surface area contributed by atoms with Crippen LogP contribution in [-0.2, 0) is 19.0 Å². The third-order valence-corrected chi connectivity index (χ3v) is 4.21. The predicted octanol–water partition coefficient (Wildman–Crippen LogP) is 0.415. The molecule has 0 radical (unpaired) electrons. The maximum absolute atomic E-state index is 12.1. The molecule has 3 heterocycles. The van der Waals surface area contributed by atoms with E-state index in [0.29, 0.717) is 18.0 Å². The number of carbonyl (C=O) groups is 1. The van der Waals surface area contributed by atoms with E-state index in [1.165, 1.54) is 20.4 Å². The van der Waals surface area contributed by atoms with Crippen molar-refractivity contribution in [3.05, 3.63) is 16.7 Å². The van der Waals surface area contributed by atoms with Crippen LogP contribution in [0.2, 0.25) is 0 Å². The quantitative estimate of drug-likeness (QED) is 0.744. The summed E-state index contributed by atoms with van der Waals surface area (Å²) in [5, 5.41) is 2.80. The highest BCUT2D eigenvalue weighted by atomic mass is 16.6. The minimum Gasteiger partial charge on any atom is -0.457 e. The van der Waals surface area contributed by atoms with E-state index in [0.717, 1.165) is 0 Å². The van der Waals surface area contributed by atoms with Crippen LogP contribution in [0.4, 0.5) is 5.95 Å². The molecule has 136 valence electrons. The van der Waals surface area contributed by atoms with Gasteiger partial charge in [-0.15, -0.1) is 0 Å². The highest BCUT2D eigenvalue weighted by Gasteiger charge is 2.47. The lowest BCUT2D eigenvalue weighted by Gasteiger charge is -2.22. The molecule has 2 N–H and O–H groups in total. The average Bonchev–Trinajstić information content (AvgIpc) is 3.15. The van der Waals surface area contributed by atoms with Gasteiger partial charge in [0.15, 0.2) is 23.5 Å². The molecule has 10 nitrogen and oxygen atoms in total. The first-order valence-electron chi connectivity index (χ1n) is 8.00. The number of nitrogens with zero attached hydrogens (tertiary/aromatic N) is 3. The Morgan fingerprint density at radius 2 is 2.24 bits per heavy atom. The second kappa shape index (κ2) is 6.81. The van der Waals surface area contributed by atoms with E-state index in [4.69, 9.17) is 14.2 Å². The van der Waals surface area contributed by atoms with Crippen molar-refractivity contribution in [1.29, 1.82) is 0 Å². The maximum Gasteiger partial charge on any atom is 0.303 e. The van der Waals surface area contributed by atoms with E-state index >= 15 is 0 Å². The molecule has 0 aromatic carbocycles. The van der Waals surface area contributed by atoms with Crippen molar-refractivity contribution in [2.75, 3.05) is 19.5 Å². The molecule has 0 saturated carbocycles. The Morgan fingerprint density at radius 3 is 2.84 bits per heavy atom. The summed E-state index contributed by atoms with van der Waals surface area (Å²) >= 11 is 0. The summed E-state index contributed by atoms with van der Waals surface area (Å²) in [7, 11) is 3.17. The molecular weight excluding hydrogens is 330 g/mol. The van der Waals surface area contributed by atoms with Gasteiger partial charge in [0.05, 0.1) is 12.4 Å². The van der Waals surface area contributed by atoms with Crippen molar-refractivity contribution in [2.24, 2.45) is 0 Å². The van der Waals surface area contributed by atoms with Crippen LogP contribution in [0, 0.1) is 0 Å². The summed E-state index contributed by atoms with van der Waals surface area (Å²) in [4.78, 5) is 34.6. The van der Waals surface area contributed by atoms with Gasteiger partial charge in [0.25, 0.3) is 5.56 Å². The van der Waals surface area contributed by atoms with Gasteiger partial charge in [-0.2, -0.15) is 4.98 Å². The van der Waals surface area contributed by atoms with Crippen molar-refractivity contribution in [1.82, 2.24) is 19.5 Å². The van der Waals surface area contributed by atoms with Crippen LogP contribution < -0.4 is 10.9 Å². The van der Waals surface area contributed by atoms with Crippen LogP contribution in [-0.4, -0.2) is 58.0 Å². The fourth-order valence-electron chi connectivity index (χ4n) is 3.08. The maximum atomic E-state index is 12.1. The Morgan fingerprint density at radius 1 is 1.48 bits per heavy atom. The van der Waals surface area contributed by atoms with Crippen LogP contribution in [0.25, 0.3) is 11.2 Å². The lowest BCUT2D eigenvalue weighted by atomic mass is 10.1. The van der Waals surface area contributed by atoms with Crippen LogP contribution in [0.5, 0.6) is 0 Å². The van der Waals surface area contributed by atoms with E-state index in [1.807, 2.05) is 6.92 Å². The Labute approximate surface area is 143 Å². The van der Waals surface area contributed by atoms with Crippen molar-refractivity contribution >= 4 is 23.1 Å². The minimum atomic E-state index is -0.622. The van der Waals surface area contributed by atoms with Gasteiger partial charge in [-0.05, 0) is 6.42 Å². The monoisotopic (exact) mass is 351 g/mol. The predicted molar refractivity (Wildman–Crippen MR) is 88.2 cm³/mol. The number of hydrogen-bond acceptors (Lipinski definition) is 8. The van der Waals surface area contributed by atoms with E-state index in [2.05, 4.69) is 20.3 Å². The molecule has 1 saturated heterocycles. The molecule has 1 aliphatic rings. The molecule has 25 heavy (non-hydrogen) atoms. The van der Waals surface area contributed by atoms with Crippen LogP contribution in [0.15, 0.2) is 11.1 Å². The molecule has 0 aliphatic carbocycles. The molecule has 10 heteroatoms. The fourth-order valence-corrected chi connectivity index (χ4v) is 3.08. The van der Waals surface area contributed by atoms with Gasteiger partial charge in [0.1, 0.15) is 6.10 Å². The van der Waals surface area contributed by atoms with Crippen LogP contribution >= 0.6 is 0 Å². The lowest BCUT2D eigenvalue weighted by molar-refractivity contribution is -0.153. The van der Waals surface area contributed by atoms with Crippen molar-refractivity contribution in [3.8, 4) is 0 Å². The number of esters is 1. The first kappa shape index (κ1) is 17.4. The molecular formula is C15H21N5O5. The largest absolute Gasteiger partial charge is 0.457 e. The second-order valence-corrected chi connectivity index (χ2v) is 5.74. The third kappa shape index (κ3) is 2.98. The number of aromatic amines is 1. The molecule has 0 spiro atoms. The molecule has 4 atom stereocenters. The number of hydrogen-bond donors (Lipinski definition) is 2. The highest BCUT2D eigenvalue weighted by molar-refractivity contribution is 5.71. The van der Waals surface area contributed by atoms with Gasteiger partial charge in [-0.3, -0.25) is 19.1 Å². The van der Waals surface area contributed by atoms with Gasteiger partial charge in [-0.25, -0.2) is 4.98 Å². The summed E-state index contributed by atoms with van der Waals surface area (Å²) in [5.74, 6) is -0.0907. The van der Waals surface area contributed by atoms with Crippen molar-refractivity contribution in [3.63, 3.8) is 0 Å². The van der Waals surface area contributed by atoms with Gasteiger partial charge in [0.2, 0.25) is 5.95 Å². The average molecular weight is 351 g/mol.